The Hall–Kier alpha value is -0.860. The minimum Gasteiger partial charge on any atom is -0.299 e. The van der Waals surface area contributed by atoms with E-state index < -0.39 is 0 Å². The van der Waals surface area contributed by atoms with Crippen molar-refractivity contribution in [1.29, 1.82) is 0 Å². The van der Waals surface area contributed by atoms with Gasteiger partial charge in [0.25, 0.3) is 0 Å². The molecule has 2 saturated carbocycles. The molecular formula is C22H30ClNO. The number of Topliss-reactive ketones (excluding diaryl/α,β-unsaturated/α-hetero) is 1. The fourth-order valence-electron chi connectivity index (χ4n) is 6.16. The van der Waals surface area contributed by atoms with E-state index in [1.54, 1.807) is 18.1 Å². The number of likely N-dealkylation sites (tertiary alicyclic amines) is 1. The summed E-state index contributed by atoms with van der Waals surface area (Å²) in [5, 5.41) is 0. The lowest BCUT2D eigenvalue weighted by atomic mass is 9.52. The first kappa shape index (κ1) is 17.5. The average molecular weight is 360 g/mol. The first-order valence-corrected chi connectivity index (χ1v) is 10.1. The maximum Gasteiger partial charge on any atom is 0.159 e. The fourth-order valence-corrected chi connectivity index (χ4v) is 6.16. The topological polar surface area (TPSA) is 20.3 Å². The lowest BCUT2D eigenvalue weighted by Gasteiger charge is -2.59. The second-order valence-electron chi connectivity index (χ2n) is 8.90. The van der Waals surface area contributed by atoms with E-state index in [1.165, 1.54) is 64.5 Å². The molecule has 2 nitrogen and oxygen atoms in total. The first-order valence-electron chi connectivity index (χ1n) is 10.1. The van der Waals surface area contributed by atoms with Gasteiger partial charge in [-0.1, -0.05) is 25.0 Å². The van der Waals surface area contributed by atoms with E-state index in [-0.39, 0.29) is 18.2 Å². The summed E-state index contributed by atoms with van der Waals surface area (Å²) in [7, 11) is 0. The zero-order valence-electron chi connectivity index (χ0n) is 15.3. The Morgan fingerprint density at radius 1 is 1.20 bits per heavy atom. The maximum atomic E-state index is 11.9. The van der Waals surface area contributed by atoms with Crippen molar-refractivity contribution < 1.29 is 4.79 Å². The number of carbonyl (C=O) groups is 1. The van der Waals surface area contributed by atoms with Crippen molar-refractivity contribution in [3.8, 4) is 0 Å². The molecule has 0 radical (unpaired) electrons. The van der Waals surface area contributed by atoms with Crippen LogP contribution in [0.2, 0.25) is 0 Å². The van der Waals surface area contributed by atoms with Crippen molar-refractivity contribution >= 4 is 18.2 Å². The fraction of sp³-hybridized carbons (Fsp3) is 0.682. The molecule has 1 saturated heterocycles. The van der Waals surface area contributed by atoms with E-state index in [2.05, 4.69) is 23.1 Å². The van der Waals surface area contributed by atoms with E-state index in [9.17, 15) is 4.79 Å². The molecule has 2 bridgehead atoms. The van der Waals surface area contributed by atoms with Crippen LogP contribution in [0.1, 0.15) is 73.4 Å². The molecule has 1 heterocycles. The van der Waals surface area contributed by atoms with Crippen molar-refractivity contribution in [1.82, 2.24) is 4.90 Å². The highest BCUT2D eigenvalue weighted by Gasteiger charge is 2.54. The van der Waals surface area contributed by atoms with Gasteiger partial charge in [-0.3, -0.25) is 9.69 Å². The zero-order chi connectivity index (χ0) is 16.3. The van der Waals surface area contributed by atoms with Crippen molar-refractivity contribution in [2.24, 2.45) is 11.8 Å². The molecule has 0 aromatic heterocycles. The van der Waals surface area contributed by atoms with E-state index in [1.807, 2.05) is 0 Å². The van der Waals surface area contributed by atoms with Gasteiger partial charge < -0.3 is 0 Å². The molecule has 5 rings (SSSR count). The number of hydrogen-bond donors (Lipinski definition) is 0. The second-order valence-corrected chi connectivity index (χ2v) is 8.90. The first-order chi connectivity index (χ1) is 11.7. The summed E-state index contributed by atoms with van der Waals surface area (Å²) >= 11 is 0. The molecule has 136 valence electrons. The molecule has 0 unspecified atom stereocenters. The van der Waals surface area contributed by atoms with E-state index >= 15 is 0 Å². The molecule has 3 atom stereocenters. The predicted molar refractivity (Wildman–Crippen MR) is 104 cm³/mol. The molecule has 25 heavy (non-hydrogen) atoms. The molecular weight excluding hydrogens is 330 g/mol. The summed E-state index contributed by atoms with van der Waals surface area (Å²) in [6.07, 6.45) is 11.0. The molecule has 0 N–H and O–H groups in total. The van der Waals surface area contributed by atoms with Gasteiger partial charge in [-0.05, 0) is 81.0 Å². The highest BCUT2D eigenvalue weighted by molar-refractivity contribution is 5.94. The van der Waals surface area contributed by atoms with Crippen LogP contribution >= 0.6 is 12.4 Å². The molecule has 1 aromatic rings. The molecule has 3 heteroatoms. The van der Waals surface area contributed by atoms with Gasteiger partial charge >= 0.3 is 0 Å². The Bertz CT molecular complexity index is 683. The molecule has 0 amide bonds. The molecule has 1 aliphatic heterocycles. The van der Waals surface area contributed by atoms with E-state index in [4.69, 9.17) is 0 Å². The third-order valence-electron chi connectivity index (χ3n) is 7.55. The van der Waals surface area contributed by atoms with Crippen LogP contribution < -0.4 is 0 Å². The number of ketones is 1. The van der Waals surface area contributed by atoms with Gasteiger partial charge in [0.1, 0.15) is 0 Å². The average Bonchev–Trinajstić information content (AvgIpc) is 3.41. The number of nitrogens with zero attached hydrogens (tertiary/aromatic N) is 1. The van der Waals surface area contributed by atoms with Crippen LogP contribution in [0, 0.1) is 11.8 Å². The highest BCUT2D eigenvalue weighted by Crippen LogP contribution is 2.56. The number of benzene rings is 1. The minimum absolute atomic E-state index is 0. The third kappa shape index (κ3) is 2.77. The highest BCUT2D eigenvalue weighted by atomic mass is 35.5. The lowest BCUT2D eigenvalue weighted by Crippen LogP contribution is -2.61. The second kappa shape index (κ2) is 6.39. The van der Waals surface area contributed by atoms with Gasteiger partial charge in [0.2, 0.25) is 0 Å². The van der Waals surface area contributed by atoms with Gasteiger partial charge in [0, 0.05) is 23.6 Å². The third-order valence-corrected chi connectivity index (χ3v) is 7.55. The lowest BCUT2D eigenvalue weighted by molar-refractivity contribution is -0.0133. The Morgan fingerprint density at radius 3 is 2.80 bits per heavy atom. The largest absolute Gasteiger partial charge is 0.299 e. The van der Waals surface area contributed by atoms with Crippen molar-refractivity contribution in [3.63, 3.8) is 0 Å². The monoisotopic (exact) mass is 359 g/mol. The Morgan fingerprint density at radius 2 is 2.04 bits per heavy atom. The summed E-state index contributed by atoms with van der Waals surface area (Å²) in [4.78, 5) is 14.8. The number of carbonyl (C=O) groups excluding carboxylic acids is 1. The maximum absolute atomic E-state index is 11.9. The van der Waals surface area contributed by atoms with Crippen LogP contribution in [0.15, 0.2) is 18.2 Å². The van der Waals surface area contributed by atoms with Crippen molar-refractivity contribution in [2.75, 3.05) is 13.1 Å². The van der Waals surface area contributed by atoms with Gasteiger partial charge in [0.05, 0.1) is 0 Å². The van der Waals surface area contributed by atoms with Crippen molar-refractivity contribution in [2.45, 2.75) is 69.7 Å². The Labute approximate surface area is 157 Å². The molecule has 1 aromatic carbocycles. The SMILES string of the molecule is CC(=O)c1ccc2c(c1)[C@@]13CCCC[C@H]1[C@@H](C2)N(CC1CC1)CC3.Cl. The van der Waals surface area contributed by atoms with Gasteiger partial charge in [-0.2, -0.15) is 0 Å². The summed E-state index contributed by atoms with van der Waals surface area (Å²) in [6.45, 7) is 4.33. The predicted octanol–water partition coefficient (Wildman–Crippen LogP) is 4.78. The normalized spacial score (nSPS) is 33.8. The van der Waals surface area contributed by atoms with Crippen LogP contribution in [0.5, 0.6) is 0 Å². The summed E-state index contributed by atoms with van der Waals surface area (Å²) < 4.78 is 0. The number of rotatable bonds is 3. The number of halogens is 1. The van der Waals surface area contributed by atoms with Crippen LogP contribution in [0.3, 0.4) is 0 Å². The number of fused-ring (bicyclic) bond motifs is 1. The van der Waals surface area contributed by atoms with E-state index in [0.29, 0.717) is 5.41 Å². The summed E-state index contributed by atoms with van der Waals surface area (Å²) in [5.41, 5.74) is 4.40. The summed E-state index contributed by atoms with van der Waals surface area (Å²) in [5.74, 6) is 2.03. The quantitative estimate of drug-likeness (QED) is 0.724. The number of piperidine rings is 1. The smallest absolute Gasteiger partial charge is 0.159 e. The van der Waals surface area contributed by atoms with E-state index in [0.717, 1.165) is 23.4 Å². The minimum atomic E-state index is 0. The molecule has 0 spiro atoms. The molecule has 4 aliphatic rings. The molecule has 3 aliphatic carbocycles. The van der Waals surface area contributed by atoms with Gasteiger partial charge in [0.15, 0.2) is 5.78 Å². The summed E-state index contributed by atoms with van der Waals surface area (Å²) in [6, 6.07) is 7.40. The van der Waals surface area contributed by atoms with Crippen molar-refractivity contribution in [3.05, 3.63) is 34.9 Å². The van der Waals surface area contributed by atoms with Crippen LogP contribution in [-0.2, 0) is 11.8 Å². The standard InChI is InChI=1S/C22H29NO.ClH/c1-15(24)17-7-8-18-13-21-19-4-2-3-9-22(19,20(18)12-17)10-11-23(21)14-16-5-6-16;/h7-8,12,16,19,21H,2-6,9-11,13-14H2,1H3;1H/t19-,21+,22+;/m0./s1. The van der Waals surface area contributed by atoms with Crippen LogP contribution in [0.4, 0.5) is 0 Å². The van der Waals surface area contributed by atoms with Gasteiger partial charge in [-0.15, -0.1) is 12.4 Å². The Balaban J connectivity index is 0.00000157. The number of hydrogen-bond acceptors (Lipinski definition) is 2. The zero-order valence-corrected chi connectivity index (χ0v) is 16.1. The Kier molecular flexibility index (Phi) is 4.48. The molecule has 3 fully saturated rings. The van der Waals surface area contributed by atoms with Crippen LogP contribution in [0.25, 0.3) is 0 Å². The van der Waals surface area contributed by atoms with Gasteiger partial charge in [-0.25, -0.2) is 0 Å². The van der Waals surface area contributed by atoms with Crippen LogP contribution in [-0.4, -0.2) is 29.8 Å².